The summed E-state index contributed by atoms with van der Waals surface area (Å²) in [5.74, 6) is 3.48. The van der Waals surface area contributed by atoms with Crippen LogP contribution in [-0.2, 0) is 0 Å². The van der Waals surface area contributed by atoms with Gasteiger partial charge in [-0.15, -0.1) is 0 Å². The van der Waals surface area contributed by atoms with E-state index in [1.165, 1.54) is 0 Å². The minimum Gasteiger partial charge on any atom is -0.489 e. The molecule has 2 aliphatic heterocycles. The fourth-order valence-corrected chi connectivity index (χ4v) is 10.3. The fraction of sp³-hybridized carbons (Fsp3) is 0.0606. The van der Waals surface area contributed by atoms with E-state index in [9.17, 15) is 0 Å². The van der Waals surface area contributed by atoms with Gasteiger partial charge in [-0.3, -0.25) is 0 Å². The van der Waals surface area contributed by atoms with Crippen LogP contribution in [0.3, 0.4) is 0 Å². The molecule has 3 aromatic heterocycles. The van der Waals surface area contributed by atoms with Crippen LogP contribution in [0.5, 0.6) is 17.2 Å². The van der Waals surface area contributed by atoms with Crippen molar-refractivity contribution in [3.05, 3.63) is 212 Å². The van der Waals surface area contributed by atoms with Crippen molar-refractivity contribution in [2.45, 2.75) is 19.8 Å². The van der Waals surface area contributed by atoms with Crippen molar-refractivity contribution in [3.8, 4) is 62.8 Å². The number of ether oxygens (including phenoxy) is 2. The summed E-state index contributed by atoms with van der Waals surface area (Å²) in [6, 6.07) is 70.4. The first kappa shape index (κ1) is 47.6. The Morgan fingerprint density at radius 2 is 0.700 bits per heavy atom. The number of aromatic amines is 2. The van der Waals surface area contributed by atoms with Gasteiger partial charge in [-0.05, 0) is 61.0 Å². The third-order valence-electron chi connectivity index (χ3n) is 14.1. The lowest BCUT2D eigenvalue weighted by molar-refractivity contribution is 0.312. The largest absolute Gasteiger partial charge is 0.489 e. The number of unbranched alkanes of at least 4 members (excludes halogenated alkanes) is 1. The van der Waals surface area contributed by atoms with Crippen molar-refractivity contribution in [3.63, 3.8) is 0 Å². The van der Waals surface area contributed by atoms with Gasteiger partial charge in [0, 0.05) is 61.2 Å². The van der Waals surface area contributed by atoms with Crippen LogP contribution in [0.1, 0.15) is 19.8 Å². The third-order valence-corrected chi connectivity index (χ3v) is 14.1. The van der Waals surface area contributed by atoms with Crippen molar-refractivity contribution in [1.82, 2.24) is 39.9 Å². The summed E-state index contributed by atoms with van der Waals surface area (Å²) in [4.78, 5) is 38.7. The number of hydrogen-bond donors (Lipinski definition) is 6. The van der Waals surface area contributed by atoms with E-state index >= 15 is 0 Å². The number of hydrogen-bond acceptors (Lipinski definition) is 12. The predicted molar refractivity (Wildman–Crippen MR) is 322 cm³/mol. The summed E-state index contributed by atoms with van der Waals surface area (Å²) in [6.45, 7) is 2.61. The molecule has 14 nitrogen and oxygen atoms in total. The highest BCUT2D eigenvalue weighted by Gasteiger charge is 2.30. The van der Waals surface area contributed by atoms with Gasteiger partial charge in [0.05, 0.1) is 12.0 Å². The van der Waals surface area contributed by atoms with Crippen LogP contribution in [0.15, 0.2) is 212 Å². The molecule has 0 unspecified atom stereocenters. The maximum absolute atomic E-state index is 7.71. The van der Waals surface area contributed by atoms with E-state index in [1.807, 2.05) is 212 Å². The second-order valence-electron chi connectivity index (χ2n) is 19.4. The van der Waals surface area contributed by atoms with Crippen molar-refractivity contribution in [2.24, 2.45) is 0 Å². The second kappa shape index (κ2) is 20.6. The van der Waals surface area contributed by atoms with Crippen molar-refractivity contribution in [2.75, 3.05) is 27.9 Å². The zero-order chi connectivity index (χ0) is 53.4. The topological polar surface area (TPSA) is 175 Å². The molecular formula is C66H50N12O2. The Balaban J connectivity index is 1.09. The van der Waals surface area contributed by atoms with Crippen LogP contribution in [0.2, 0.25) is 0 Å². The average Bonchev–Trinajstić information content (AvgIpc) is 4.28. The Kier molecular flexibility index (Phi) is 12.2. The molecule has 2 aliphatic rings. The molecule has 0 fully saturated rings. The molecule has 0 saturated heterocycles. The smallest absolute Gasteiger partial charge is 0.178 e. The number of aromatic nitrogens is 8. The highest BCUT2D eigenvalue weighted by molar-refractivity contribution is 6.10. The molecule has 14 rings (SSSR count). The van der Waals surface area contributed by atoms with E-state index in [-0.39, 0.29) is 0 Å². The molecule has 5 heterocycles. The minimum atomic E-state index is 0.444. The maximum Gasteiger partial charge on any atom is 0.178 e. The van der Waals surface area contributed by atoms with Crippen LogP contribution in [0, 0.1) is 0 Å². The zero-order valence-corrected chi connectivity index (χ0v) is 43.3. The Bertz CT molecular complexity index is 4360. The molecule has 9 aromatic carbocycles. The maximum atomic E-state index is 7.71. The highest BCUT2D eigenvalue weighted by atomic mass is 16.5. The number of H-pyrrole nitrogens is 2. The van der Waals surface area contributed by atoms with Gasteiger partial charge < -0.3 is 40.7 Å². The van der Waals surface area contributed by atoms with E-state index < -0.39 is 0 Å². The quantitative estimate of drug-likeness (QED) is 0.0570. The Hall–Kier alpha value is -10.9. The summed E-state index contributed by atoms with van der Waals surface area (Å²) in [6.07, 6.45) is 1.76. The fourth-order valence-electron chi connectivity index (χ4n) is 10.3. The molecule has 12 aromatic rings. The molecular weight excluding hydrogens is 993 g/mol. The van der Waals surface area contributed by atoms with E-state index in [0.29, 0.717) is 97.9 Å². The van der Waals surface area contributed by atoms with Gasteiger partial charge in [-0.25, -0.2) is 29.9 Å². The SMILES string of the molecule is CCCCOc1c(Nc2ccccc2)c(Nc2ccccc2)c(Oc2cccc3c4nc5nc(nc6[nH]c(nc7nc(nc([nH]4)c23)-c2ccccc2-7)c2ccccc62)-c2ccccc2-5)c(Nc2ccccc2)c1Nc1ccccc1. The molecule has 0 radical (unpaired) electrons. The van der Waals surface area contributed by atoms with Crippen LogP contribution in [0.4, 0.5) is 45.5 Å². The molecule has 14 heteroatoms. The summed E-state index contributed by atoms with van der Waals surface area (Å²) in [5, 5.41) is 18.4. The molecule has 6 N–H and O–H groups in total. The van der Waals surface area contributed by atoms with Crippen LogP contribution >= 0.6 is 0 Å². The molecule has 0 aliphatic carbocycles. The summed E-state index contributed by atoms with van der Waals surface area (Å²) in [7, 11) is 0. The lowest BCUT2D eigenvalue weighted by atomic mass is 10.1. The molecule has 0 saturated carbocycles. The van der Waals surface area contributed by atoms with Gasteiger partial charge in [0.25, 0.3) is 0 Å². The number of fused-ring (bicyclic) bond motifs is 20. The van der Waals surface area contributed by atoms with E-state index in [4.69, 9.17) is 39.4 Å². The molecule has 80 heavy (non-hydrogen) atoms. The summed E-state index contributed by atoms with van der Waals surface area (Å²) in [5.41, 5.74) is 11.4. The lowest BCUT2D eigenvalue weighted by Gasteiger charge is -2.28. The number of anilines is 8. The number of rotatable bonds is 14. The van der Waals surface area contributed by atoms with Crippen LogP contribution in [-0.4, -0.2) is 46.5 Å². The normalized spacial score (nSPS) is 11.5. The summed E-state index contributed by atoms with van der Waals surface area (Å²) >= 11 is 0. The highest BCUT2D eigenvalue weighted by Crippen LogP contribution is 2.57. The average molecular weight is 1040 g/mol. The summed E-state index contributed by atoms with van der Waals surface area (Å²) < 4.78 is 14.7. The van der Waals surface area contributed by atoms with Crippen LogP contribution in [0.25, 0.3) is 89.7 Å². The van der Waals surface area contributed by atoms with Gasteiger partial charge in [0.15, 0.2) is 34.8 Å². The first-order chi connectivity index (χ1) is 39.6. The standard InChI is InChI=1S/C66H50N12O2/c1-2-3-39-79-57-53(67-40-23-8-4-9-24-40)55(69-42-27-12-6-13-28-42)58(56(70-43-29-14-7-15-30-43)54(57)68-41-25-10-5-11-26-41)80-51-38-22-37-50-52(51)66-77-64-49-36-21-20-35-48(49)62(75-64)73-60-45-32-17-16-31-44(45)59(71-60)72-61-46-33-18-19-34-47(46)63(74-61)76-65(50)78-66/h4-38,67-70H,2-3,39H2,1H3,(H2,71,72,73,74,75,76,77,78). The van der Waals surface area contributed by atoms with E-state index in [1.54, 1.807) is 0 Å². The zero-order valence-electron chi connectivity index (χ0n) is 43.3. The van der Waals surface area contributed by atoms with E-state index in [2.05, 4.69) is 38.2 Å². The van der Waals surface area contributed by atoms with Gasteiger partial charge >= 0.3 is 0 Å². The molecule has 0 amide bonds. The van der Waals surface area contributed by atoms with Crippen molar-refractivity contribution < 1.29 is 9.47 Å². The first-order valence-electron chi connectivity index (χ1n) is 26.7. The van der Waals surface area contributed by atoms with Crippen molar-refractivity contribution >= 4 is 89.6 Å². The van der Waals surface area contributed by atoms with Crippen LogP contribution < -0.4 is 30.7 Å². The second-order valence-corrected chi connectivity index (χ2v) is 19.4. The number of nitrogens with zero attached hydrogens (tertiary/aromatic N) is 6. The number of nitrogens with one attached hydrogen (secondary N) is 6. The van der Waals surface area contributed by atoms with Gasteiger partial charge in [-0.1, -0.05) is 171 Å². The predicted octanol–water partition coefficient (Wildman–Crippen LogP) is 16.8. The Labute approximate surface area is 459 Å². The molecule has 0 spiro atoms. The minimum absolute atomic E-state index is 0.444. The van der Waals surface area contributed by atoms with Gasteiger partial charge in [0.1, 0.15) is 51.1 Å². The third kappa shape index (κ3) is 8.95. The van der Waals surface area contributed by atoms with E-state index in [0.717, 1.165) is 74.0 Å². The van der Waals surface area contributed by atoms with Crippen molar-refractivity contribution in [1.29, 1.82) is 0 Å². The lowest BCUT2D eigenvalue weighted by Crippen LogP contribution is -2.11. The molecule has 8 bridgehead atoms. The van der Waals surface area contributed by atoms with Gasteiger partial charge in [0.2, 0.25) is 0 Å². The first-order valence-corrected chi connectivity index (χ1v) is 26.7. The molecule has 386 valence electrons. The Morgan fingerprint density at radius 3 is 1.12 bits per heavy atom. The number of para-hydroxylation sites is 4. The monoisotopic (exact) mass is 1040 g/mol. The number of benzene rings is 9. The van der Waals surface area contributed by atoms with Gasteiger partial charge in [-0.2, -0.15) is 0 Å². The Morgan fingerprint density at radius 1 is 0.350 bits per heavy atom. The molecule has 0 atom stereocenters.